The van der Waals surface area contributed by atoms with Gasteiger partial charge in [0.25, 0.3) is 0 Å². The highest BCUT2D eigenvalue weighted by atomic mass is 19.4. The van der Waals surface area contributed by atoms with Crippen LogP contribution in [0.1, 0.15) is 56.6 Å². The van der Waals surface area contributed by atoms with Crippen LogP contribution in [0.15, 0.2) is 30.3 Å². The minimum atomic E-state index is -5.18. The van der Waals surface area contributed by atoms with Crippen LogP contribution >= 0.6 is 0 Å². The summed E-state index contributed by atoms with van der Waals surface area (Å²) in [7, 11) is 0.917. The molecule has 1 aromatic carbocycles. The number of aromatic nitrogens is 2. The molecule has 2 aromatic rings. The van der Waals surface area contributed by atoms with Crippen LogP contribution in [0.3, 0.4) is 0 Å². The van der Waals surface area contributed by atoms with Crippen molar-refractivity contribution in [3.8, 4) is 0 Å². The Morgan fingerprint density at radius 1 is 1.15 bits per heavy atom. The maximum atomic E-state index is 13.4. The average molecular weight is 554 g/mol. The Balaban J connectivity index is 2.07. The zero-order valence-corrected chi connectivity index (χ0v) is 22.7. The van der Waals surface area contributed by atoms with E-state index in [4.69, 9.17) is 9.47 Å². The first kappa shape index (κ1) is 29.8. The number of rotatable bonds is 7. The van der Waals surface area contributed by atoms with E-state index in [1.54, 1.807) is 56.9 Å². The number of imidazole rings is 1. The zero-order valence-electron chi connectivity index (χ0n) is 22.7. The summed E-state index contributed by atoms with van der Waals surface area (Å²) in [5.41, 5.74) is -0.222. The number of piperidine rings is 1. The van der Waals surface area contributed by atoms with Gasteiger partial charge in [0.1, 0.15) is 5.60 Å². The van der Waals surface area contributed by atoms with E-state index in [0.29, 0.717) is 24.3 Å². The molecule has 1 atom stereocenters. The lowest BCUT2D eigenvalue weighted by Gasteiger charge is -2.34. The van der Waals surface area contributed by atoms with Crippen molar-refractivity contribution in [3.63, 3.8) is 0 Å². The van der Waals surface area contributed by atoms with E-state index in [1.807, 2.05) is 6.07 Å². The molecule has 1 aliphatic heterocycles. The number of ether oxygens (including phenoxy) is 2. The number of alkyl carbamates (subject to hydrolysis) is 1. The third-order valence-electron chi connectivity index (χ3n) is 5.87. The Morgan fingerprint density at radius 2 is 1.82 bits per heavy atom. The third-order valence-corrected chi connectivity index (χ3v) is 5.87. The monoisotopic (exact) mass is 553 g/mol. The number of hydrogen-bond donors (Lipinski definition) is 1. The molecule has 214 valence electrons. The van der Waals surface area contributed by atoms with Crippen molar-refractivity contribution in [3.05, 3.63) is 41.6 Å². The van der Waals surface area contributed by atoms with Crippen LogP contribution in [0.4, 0.5) is 29.7 Å². The third kappa shape index (κ3) is 7.64. The molecule has 1 aliphatic rings. The standard InChI is InChI=1S/C26H34F3N5O5/c1-6-38-21(35)19-20(32(5)22(36)26(27,28)29)31-23(34(19)15-17-11-8-7-9-12-17)33-14-10-13-18(16-33)30-24(37)39-25(2,3)4/h7-9,11-12,18H,6,10,13-16H2,1-5H3,(H,30,37). The van der Waals surface area contributed by atoms with Crippen LogP contribution < -0.4 is 15.1 Å². The van der Waals surface area contributed by atoms with E-state index >= 15 is 0 Å². The zero-order chi connectivity index (χ0) is 29.0. The summed E-state index contributed by atoms with van der Waals surface area (Å²) in [6, 6.07) is 8.64. The lowest BCUT2D eigenvalue weighted by Crippen LogP contribution is -2.49. The first-order valence-corrected chi connectivity index (χ1v) is 12.6. The van der Waals surface area contributed by atoms with Crippen molar-refractivity contribution < 1.29 is 37.0 Å². The summed E-state index contributed by atoms with van der Waals surface area (Å²) < 4.78 is 52.1. The highest BCUT2D eigenvalue weighted by Gasteiger charge is 2.44. The number of anilines is 2. The summed E-state index contributed by atoms with van der Waals surface area (Å²) >= 11 is 0. The van der Waals surface area contributed by atoms with Crippen LogP contribution in [0, 0.1) is 0 Å². The number of nitrogens with one attached hydrogen (secondary N) is 1. The lowest BCUT2D eigenvalue weighted by molar-refractivity contribution is -0.170. The van der Waals surface area contributed by atoms with E-state index < -0.39 is 35.6 Å². The Morgan fingerprint density at radius 3 is 2.41 bits per heavy atom. The van der Waals surface area contributed by atoms with Gasteiger partial charge >= 0.3 is 24.1 Å². The number of amides is 2. The summed E-state index contributed by atoms with van der Waals surface area (Å²) in [6.45, 7) is 7.56. The van der Waals surface area contributed by atoms with Gasteiger partial charge < -0.3 is 19.7 Å². The molecule has 3 rings (SSSR count). The molecule has 2 amide bonds. The minimum Gasteiger partial charge on any atom is -0.461 e. The van der Waals surface area contributed by atoms with Gasteiger partial charge in [-0.2, -0.15) is 18.2 Å². The van der Waals surface area contributed by atoms with Crippen molar-refractivity contribution in [1.82, 2.24) is 14.9 Å². The minimum absolute atomic E-state index is 0.0351. The number of benzene rings is 1. The molecule has 1 unspecified atom stereocenters. The van der Waals surface area contributed by atoms with Gasteiger partial charge in [0.2, 0.25) is 5.95 Å². The Labute approximate surface area is 225 Å². The van der Waals surface area contributed by atoms with Crippen LogP contribution in [0.25, 0.3) is 0 Å². The van der Waals surface area contributed by atoms with Gasteiger partial charge in [0, 0.05) is 26.2 Å². The summed E-state index contributed by atoms with van der Waals surface area (Å²) in [5.74, 6) is -3.38. The van der Waals surface area contributed by atoms with Gasteiger partial charge in [-0.05, 0) is 46.1 Å². The molecule has 13 heteroatoms. The molecule has 1 fully saturated rings. The maximum absolute atomic E-state index is 13.4. The predicted octanol–water partition coefficient (Wildman–Crippen LogP) is 4.13. The molecule has 0 bridgehead atoms. The predicted molar refractivity (Wildman–Crippen MR) is 138 cm³/mol. The molecule has 0 spiro atoms. The topological polar surface area (TPSA) is 106 Å². The Kier molecular flexibility index (Phi) is 9.13. The first-order chi connectivity index (χ1) is 18.2. The molecular formula is C26H34F3N5O5. The quantitative estimate of drug-likeness (QED) is 0.514. The number of carbonyl (C=O) groups excluding carboxylic acids is 3. The van der Waals surface area contributed by atoms with Crippen molar-refractivity contribution in [2.24, 2.45) is 0 Å². The van der Waals surface area contributed by atoms with Crippen LogP contribution in [0.2, 0.25) is 0 Å². The molecule has 0 saturated carbocycles. The van der Waals surface area contributed by atoms with Crippen molar-refractivity contribution in [2.75, 3.05) is 36.5 Å². The van der Waals surface area contributed by atoms with Gasteiger partial charge in [-0.3, -0.25) is 14.3 Å². The highest BCUT2D eigenvalue weighted by molar-refractivity contribution is 6.02. The second-order valence-electron chi connectivity index (χ2n) is 10.2. The highest BCUT2D eigenvalue weighted by Crippen LogP contribution is 2.32. The van der Waals surface area contributed by atoms with E-state index in [1.165, 1.54) is 4.57 Å². The molecule has 1 N–H and O–H groups in total. The normalized spacial score (nSPS) is 16.0. The Hall–Kier alpha value is -3.77. The fraction of sp³-hybridized carbons (Fsp3) is 0.538. The van der Waals surface area contributed by atoms with Crippen molar-refractivity contribution >= 4 is 29.7 Å². The van der Waals surface area contributed by atoms with Crippen molar-refractivity contribution in [2.45, 2.75) is 64.9 Å². The molecule has 1 aromatic heterocycles. The fourth-order valence-electron chi connectivity index (χ4n) is 4.26. The number of carbonyl (C=O) groups is 3. The van der Waals surface area contributed by atoms with Gasteiger partial charge in [-0.25, -0.2) is 9.59 Å². The second kappa shape index (κ2) is 12.0. The lowest BCUT2D eigenvalue weighted by atomic mass is 10.1. The number of esters is 1. The molecule has 10 nitrogen and oxygen atoms in total. The van der Waals surface area contributed by atoms with Gasteiger partial charge in [-0.1, -0.05) is 30.3 Å². The number of alkyl halides is 3. The van der Waals surface area contributed by atoms with Crippen molar-refractivity contribution in [1.29, 1.82) is 0 Å². The summed E-state index contributed by atoms with van der Waals surface area (Å²) in [5, 5.41) is 2.82. The largest absolute Gasteiger partial charge is 0.471 e. The maximum Gasteiger partial charge on any atom is 0.471 e. The van der Waals surface area contributed by atoms with Crippen LogP contribution in [-0.4, -0.2) is 72.1 Å². The Bertz CT molecular complexity index is 1180. The van der Waals surface area contributed by atoms with Crippen LogP contribution in [-0.2, 0) is 20.8 Å². The average Bonchev–Trinajstić information content (AvgIpc) is 3.21. The van der Waals surface area contributed by atoms with E-state index in [9.17, 15) is 27.6 Å². The summed E-state index contributed by atoms with van der Waals surface area (Å²) in [6.07, 6.45) is -4.51. The molecule has 39 heavy (non-hydrogen) atoms. The summed E-state index contributed by atoms with van der Waals surface area (Å²) in [4.78, 5) is 44.1. The molecule has 0 aliphatic carbocycles. The molecule has 0 radical (unpaired) electrons. The second-order valence-corrected chi connectivity index (χ2v) is 10.2. The van der Waals surface area contributed by atoms with Gasteiger partial charge in [0.05, 0.1) is 13.2 Å². The van der Waals surface area contributed by atoms with Crippen LogP contribution in [0.5, 0.6) is 0 Å². The van der Waals surface area contributed by atoms with E-state index in [-0.39, 0.29) is 37.4 Å². The first-order valence-electron chi connectivity index (χ1n) is 12.6. The molecule has 1 saturated heterocycles. The molecule has 2 heterocycles. The number of halogens is 3. The smallest absolute Gasteiger partial charge is 0.461 e. The number of hydrogen-bond acceptors (Lipinski definition) is 7. The van der Waals surface area contributed by atoms with Gasteiger partial charge in [0.15, 0.2) is 11.5 Å². The molecular weight excluding hydrogens is 519 g/mol. The SMILES string of the molecule is CCOC(=O)c1c(N(C)C(=O)C(F)(F)F)nc(N2CCCC(NC(=O)OC(C)(C)C)C2)n1Cc1ccccc1. The van der Waals surface area contributed by atoms with E-state index in [2.05, 4.69) is 10.3 Å². The number of nitrogens with zero attached hydrogens (tertiary/aromatic N) is 4. The fourth-order valence-corrected chi connectivity index (χ4v) is 4.26. The van der Waals surface area contributed by atoms with E-state index in [0.717, 1.165) is 12.6 Å². The van der Waals surface area contributed by atoms with Gasteiger partial charge in [-0.15, -0.1) is 0 Å².